The largest absolute Gasteiger partial charge is 0.497 e. The first-order valence-electron chi connectivity index (χ1n) is 7.25. The maximum Gasteiger partial charge on any atom is 0.220 e. The van der Waals surface area contributed by atoms with Crippen LogP contribution in [0.4, 0.5) is 0 Å². The van der Waals surface area contributed by atoms with Crippen LogP contribution in [-0.4, -0.2) is 13.0 Å². The van der Waals surface area contributed by atoms with E-state index in [0.717, 1.165) is 37.0 Å². The molecular formula is C17H25NO2. The molecule has 110 valence electrons. The van der Waals surface area contributed by atoms with Crippen LogP contribution < -0.4 is 10.1 Å². The minimum absolute atomic E-state index is 0.0816. The fraction of sp³-hybridized carbons (Fsp3) is 0.471. The Labute approximate surface area is 122 Å². The highest BCUT2D eigenvalue weighted by molar-refractivity contribution is 5.76. The smallest absolute Gasteiger partial charge is 0.220 e. The number of amides is 1. The number of methoxy groups -OCH3 is 1. The van der Waals surface area contributed by atoms with E-state index in [1.54, 1.807) is 13.2 Å². The number of hydrogen-bond acceptors (Lipinski definition) is 2. The minimum Gasteiger partial charge on any atom is -0.497 e. The second-order valence-corrected chi connectivity index (χ2v) is 4.86. The van der Waals surface area contributed by atoms with Gasteiger partial charge in [-0.2, -0.15) is 0 Å². The van der Waals surface area contributed by atoms with Crippen molar-refractivity contribution in [2.75, 3.05) is 7.11 Å². The Kier molecular flexibility index (Phi) is 7.48. The zero-order valence-corrected chi connectivity index (χ0v) is 12.5. The van der Waals surface area contributed by atoms with Crippen LogP contribution in [0, 0.1) is 0 Å². The van der Waals surface area contributed by atoms with Crippen LogP contribution in [0.2, 0.25) is 0 Å². The molecule has 1 N–H and O–H groups in total. The molecule has 0 saturated carbocycles. The number of benzene rings is 1. The molecule has 0 aromatic heterocycles. The number of unbranched alkanes of at least 4 members (excludes halogenated alkanes) is 1. The summed E-state index contributed by atoms with van der Waals surface area (Å²) < 4.78 is 5.17. The number of carbonyl (C=O) groups is 1. The van der Waals surface area contributed by atoms with Crippen molar-refractivity contribution in [2.24, 2.45) is 0 Å². The van der Waals surface area contributed by atoms with Crippen molar-refractivity contribution in [2.45, 2.75) is 45.1 Å². The summed E-state index contributed by atoms with van der Waals surface area (Å²) in [4.78, 5) is 11.9. The standard InChI is InChI=1S/C17H25NO2/c1-4-6-8-16(18-17(19)9-7-5-2)14-10-12-15(20-3)13-11-14/h5,10-13,16H,2,4,6-9H2,1,3H3,(H,18,19). The normalized spacial score (nSPS) is 11.7. The summed E-state index contributed by atoms with van der Waals surface area (Å²) in [5.41, 5.74) is 1.13. The molecule has 3 nitrogen and oxygen atoms in total. The summed E-state index contributed by atoms with van der Waals surface area (Å²) in [5, 5.41) is 3.11. The summed E-state index contributed by atoms with van der Waals surface area (Å²) in [6, 6.07) is 7.99. The molecule has 0 aliphatic carbocycles. The van der Waals surface area contributed by atoms with Gasteiger partial charge in [-0.25, -0.2) is 0 Å². The highest BCUT2D eigenvalue weighted by Crippen LogP contribution is 2.22. The van der Waals surface area contributed by atoms with Gasteiger partial charge in [0.05, 0.1) is 13.2 Å². The molecule has 0 aliphatic rings. The van der Waals surface area contributed by atoms with Gasteiger partial charge in [-0.3, -0.25) is 4.79 Å². The molecule has 1 rings (SSSR count). The molecule has 0 radical (unpaired) electrons. The molecule has 1 aromatic carbocycles. The van der Waals surface area contributed by atoms with Gasteiger partial charge in [0.25, 0.3) is 0 Å². The van der Waals surface area contributed by atoms with Gasteiger partial charge < -0.3 is 10.1 Å². The Hall–Kier alpha value is -1.77. The number of nitrogens with one attached hydrogen (secondary N) is 1. The zero-order valence-electron chi connectivity index (χ0n) is 12.5. The first kappa shape index (κ1) is 16.3. The van der Waals surface area contributed by atoms with Gasteiger partial charge in [0.2, 0.25) is 5.91 Å². The SMILES string of the molecule is C=CCCC(=O)NC(CCCC)c1ccc(OC)cc1. The highest BCUT2D eigenvalue weighted by Gasteiger charge is 2.13. The van der Waals surface area contributed by atoms with E-state index in [4.69, 9.17) is 4.74 Å². The summed E-state index contributed by atoms with van der Waals surface area (Å²) in [6.07, 6.45) is 6.17. The van der Waals surface area contributed by atoms with E-state index in [0.29, 0.717) is 6.42 Å². The van der Waals surface area contributed by atoms with Crippen LogP contribution in [0.1, 0.15) is 50.6 Å². The molecule has 0 saturated heterocycles. The van der Waals surface area contributed by atoms with Gasteiger partial charge in [0.15, 0.2) is 0 Å². The number of ether oxygens (including phenoxy) is 1. The van der Waals surface area contributed by atoms with Crippen LogP contribution in [0.3, 0.4) is 0 Å². The van der Waals surface area contributed by atoms with Gasteiger partial charge >= 0.3 is 0 Å². The van der Waals surface area contributed by atoms with Gasteiger partial charge in [0, 0.05) is 6.42 Å². The summed E-state index contributed by atoms with van der Waals surface area (Å²) in [6.45, 7) is 5.80. The van der Waals surface area contributed by atoms with Crippen molar-refractivity contribution in [3.63, 3.8) is 0 Å². The number of hydrogen-bond donors (Lipinski definition) is 1. The van der Waals surface area contributed by atoms with Crippen LogP contribution in [-0.2, 0) is 4.79 Å². The van der Waals surface area contributed by atoms with E-state index in [2.05, 4.69) is 18.8 Å². The molecule has 0 spiro atoms. The van der Waals surface area contributed by atoms with Crippen LogP contribution >= 0.6 is 0 Å². The zero-order chi connectivity index (χ0) is 14.8. The van der Waals surface area contributed by atoms with Crippen LogP contribution in [0.15, 0.2) is 36.9 Å². The number of rotatable bonds is 9. The Morgan fingerprint density at radius 3 is 2.65 bits per heavy atom. The molecular weight excluding hydrogens is 250 g/mol. The monoisotopic (exact) mass is 275 g/mol. The van der Waals surface area contributed by atoms with Crippen molar-refractivity contribution in [1.29, 1.82) is 0 Å². The lowest BCUT2D eigenvalue weighted by Gasteiger charge is -2.19. The first-order valence-corrected chi connectivity index (χ1v) is 7.25. The van der Waals surface area contributed by atoms with Crippen molar-refractivity contribution < 1.29 is 9.53 Å². The van der Waals surface area contributed by atoms with E-state index in [1.165, 1.54) is 0 Å². The predicted octanol–water partition coefficient (Wildman–Crippen LogP) is 4.01. The van der Waals surface area contributed by atoms with Gasteiger partial charge in [0.1, 0.15) is 5.75 Å². The van der Waals surface area contributed by atoms with E-state index in [1.807, 2.05) is 24.3 Å². The second-order valence-electron chi connectivity index (χ2n) is 4.86. The Bertz CT molecular complexity index is 412. The lowest BCUT2D eigenvalue weighted by Crippen LogP contribution is -2.28. The fourth-order valence-corrected chi connectivity index (χ4v) is 2.07. The van der Waals surface area contributed by atoms with Crippen molar-refractivity contribution in [1.82, 2.24) is 5.32 Å². The molecule has 1 amide bonds. The van der Waals surface area contributed by atoms with Crippen molar-refractivity contribution >= 4 is 5.91 Å². The summed E-state index contributed by atoms with van der Waals surface area (Å²) >= 11 is 0. The Morgan fingerprint density at radius 2 is 2.10 bits per heavy atom. The molecule has 0 aliphatic heterocycles. The Morgan fingerprint density at radius 1 is 1.40 bits per heavy atom. The predicted molar refractivity (Wildman–Crippen MR) is 82.8 cm³/mol. The number of allylic oxidation sites excluding steroid dienone is 1. The summed E-state index contributed by atoms with van der Waals surface area (Å²) in [7, 11) is 1.65. The summed E-state index contributed by atoms with van der Waals surface area (Å²) in [5.74, 6) is 0.919. The average molecular weight is 275 g/mol. The molecule has 1 atom stereocenters. The first-order chi connectivity index (χ1) is 9.71. The fourth-order valence-electron chi connectivity index (χ4n) is 2.07. The maximum absolute atomic E-state index is 11.9. The van der Waals surface area contributed by atoms with Gasteiger partial charge in [-0.15, -0.1) is 6.58 Å². The van der Waals surface area contributed by atoms with Crippen LogP contribution in [0.25, 0.3) is 0 Å². The molecule has 0 heterocycles. The van der Waals surface area contributed by atoms with E-state index in [-0.39, 0.29) is 11.9 Å². The van der Waals surface area contributed by atoms with Gasteiger partial charge in [-0.05, 0) is 30.5 Å². The highest BCUT2D eigenvalue weighted by atomic mass is 16.5. The van der Waals surface area contributed by atoms with E-state index in [9.17, 15) is 4.79 Å². The topological polar surface area (TPSA) is 38.3 Å². The molecule has 1 aromatic rings. The van der Waals surface area contributed by atoms with Gasteiger partial charge in [-0.1, -0.05) is 38.0 Å². The molecule has 1 unspecified atom stereocenters. The third-order valence-corrected chi connectivity index (χ3v) is 3.28. The molecule has 3 heteroatoms. The average Bonchev–Trinajstić information content (AvgIpc) is 2.49. The van der Waals surface area contributed by atoms with Crippen molar-refractivity contribution in [3.8, 4) is 5.75 Å². The molecule has 0 bridgehead atoms. The lowest BCUT2D eigenvalue weighted by molar-refractivity contribution is -0.121. The quantitative estimate of drug-likeness (QED) is 0.691. The third-order valence-electron chi connectivity index (χ3n) is 3.28. The maximum atomic E-state index is 11.9. The van der Waals surface area contributed by atoms with Crippen molar-refractivity contribution in [3.05, 3.63) is 42.5 Å². The third kappa shape index (κ3) is 5.47. The molecule has 0 fully saturated rings. The second kappa shape index (κ2) is 9.18. The Balaban J connectivity index is 2.70. The van der Waals surface area contributed by atoms with E-state index < -0.39 is 0 Å². The lowest BCUT2D eigenvalue weighted by atomic mass is 10.0. The van der Waals surface area contributed by atoms with Crippen LogP contribution in [0.5, 0.6) is 5.75 Å². The van der Waals surface area contributed by atoms with E-state index >= 15 is 0 Å². The minimum atomic E-state index is 0.0816. The number of carbonyl (C=O) groups excluding carboxylic acids is 1. The molecule has 20 heavy (non-hydrogen) atoms.